The largest absolute Gasteiger partial charge is 0.338 e. The highest BCUT2D eigenvalue weighted by Crippen LogP contribution is 2.05. The summed E-state index contributed by atoms with van der Waals surface area (Å²) in [5.41, 5.74) is 0. The van der Waals surface area contributed by atoms with Crippen LogP contribution in [0.1, 0.15) is 13.8 Å². The van der Waals surface area contributed by atoms with Gasteiger partial charge in [-0.3, -0.25) is 4.79 Å². The number of carbonyl (C=O) groups excluding carboxylic acids is 1. The summed E-state index contributed by atoms with van der Waals surface area (Å²) in [4.78, 5) is 13.7. The fourth-order valence-corrected chi connectivity index (χ4v) is 2.28. The second-order valence-corrected chi connectivity index (χ2v) is 6.88. The molecule has 1 aliphatic rings. The highest BCUT2D eigenvalue weighted by atomic mass is 32.2. The summed E-state index contributed by atoms with van der Waals surface area (Å²) in [6.45, 7) is 5.19. The molecule has 7 heteroatoms. The average Bonchev–Trinajstić information content (AvgIpc) is 2.14. The first-order valence-electron chi connectivity index (χ1n) is 5.65. The van der Waals surface area contributed by atoms with E-state index in [2.05, 4.69) is 5.32 Å². The van der Waals surface area contributed by atoms with E-state index in [9.17, 15) is 13.2 Å². The lowest BCUT2D eigenvalue weighted by atomic mass is 10.1. The van der Waals surface area contributed by atoms with E-state index in [-0.39, 0.29) is 24.5 Å². The Morgan fingerprint density at radius 3 is 2.24 bits per heavy atom. The zero-order valence-electron chi connectivity index (χ0n) is 10.8. The normalized spacial score (nSPS) is 26.3. The topological polar surface area (TPSA) is 69.7 Å². The lowest BCUT2D eigenvalue weighted by Gasteiger charge is -2.36. The van der Waals surface area contributed by atoms with Crippen LogP contribution in [0.4, 0.5) is 0 Å². The van der Waals surface area contributed by atoms with Crippen molar-refractivity contribution in [1.82, 2.24) is 14.5 Å². The molecule has 1 fully saturated rings. The van der Waals surface area contributed by atoms with E-state index < -0.39 is 10.0 Å². The van der Waals surface area contributed by atoms with E-state index in [4.69, 9.17) is 0 Å². The van der Waals surface area contributed by atoms with E-state index >= 15 is 0 Å². The van der Waals surface area contributed by atoms with Crippen LogP contribution >= 0.6 is 0 Å². The number of amides is 1. The third-order valence-electron chi connectivity index (χ3n) is 2.83. The Morgan fingerprint density at radius 1 is 1.35 bits per heavy atom. The van der Waals surface area contributed by atoms with Gasteiger partial charge in [0.2, 0.25) is 15.9 Å². The Hall–Kier alpha value is -0.660. The summed E-state index contributed by atoms with van der Waals surface area (Å²) in [5, 5.41) is 3.32. The van der Waals surface area contributed by atoms with Crippen molar-refractivity contribution in [2.75, 3.05) is 32.9 Å². The minimum Gasteiger partial charge on any atom is -0.338 e. The van der Waals surface area contributed by atoms with Gasteiger partial charge in [-0.25, -0.2) is 8.42 Å². The van der Waals surface area contributed by atoms with Crippen LogP contribution in [0.3, 0.4) is 0 Å². The summed E-state index contributed by atoms with van der Waals surface area (Å²) in [7, 11) is -1.87. The first-order chi connectivity index (χ1) is 7.70. The van der Waals surface area contributed by atoms with Crippen molar-refractivity contribution in [3.63, 3.8) is 0 Å². The predicted molar refractivity (Wildman–Crippen MR) is 66.1 cm³/mol. The number of carbonyl (C=O) groups is 1. The minimum absolute atomic E-state index is 0.0850. The molecule has 1 rings (SSSR count). The van der Waals surface area contributed by atoms with Gasteiger partial charge in [0.25, 0.3) is 0 Å². The molecule has 100 valence electrons. The summed E-state index contributed by atoms with van der Waals surface area (Å²) in [6.07, 6.45) is 1.10. The molecule has 17 heavy (non-hydrogen) atoms. The van der Waals surface area contributed by atoms with Crippen molar-refractivity contribution in [2.24, 2.45) is 0 Å². The van der Waals surface area contributed by atoms with Crippen molar-refractivity contribution >= 4 is 15.9 Å². The smallest absolute Gasteiger partial charge is 0.237 e. The lowest BCUT2D eigenvalue weighted by molar-refractivity contribution is -0.132. The molecule has 1 N–H and O–H groups in total. The molecule has 6 nitrogen and oxygen atoms in total. The third kappa shape index (κ3) is 4.25. The number of nitrogens with zero attached hydrogens (tertiary/aromatic N) is 2. The molecular weight excluding hydrogens is 242 g/mol. The number of nitrogens with one attached hydrogen (secondary N) is 1. The van der Waals surface area contributed by atoms with Crippen LogP contribution in [-0.2, 0) is 14.8 Å². The molecule has 0 bridgehead atoms. The first kappa shape index (κ1) is 14.4. The van der Waals surface area contributed by atoms with E-state index in [0.717, 1.165) is 10.6 Å². The Morgan fingerprint density at radius 2 is 1.82 bits per heavy atom. The maximum absolute atomic E-state index is 11.9. The van der Waals surface area contributed by atoms with Crippen LogP contribution < -0.4 is 5.32 Å². The monoisotopic (exact) mass is 263 g/mol. The SMILES string of the molecule is C[C@@H]1CN(C(=O)CN(C)S(C)(=O)=O)C[C@@H](C)N1. The zero-order valence-corrected chi connectivity index (χ0v) is 11.6. The summed E-state index contributed by atoms with van der Waals surface area (Å²) < 4.78 is 23.5. The van der Waals surface area contributed by atoms with Gasteiger partial charge in [0.15, 0.2) is 0 Å². The Bertz CT molecular complexity index is 372. The standard InChI is InChI=1S/C10H21N3O3S/c1-8-5-13(6-9(2)11-8)10(14)7-12(3)17(4,15)16/h8-9,11H,5-7H2,1-4H3/t8-,9-/m1/s1. The molecule has 1 amide bonds. The first-order valence-corrected chi connectivity index (χ1v) is 7.50. The van der Waals surface area contributed by atoms with E-state index in [1.165, 1.54) is 7.05 Å². The molecule has 1 saturated heterocycles. The molecule has 2 atom stereocenters. The molecule has 0 aliphatic carbocycles. The molecule has 0 saturated carbocycles. The summed E-state index contributed by atoms with van der Waals surface area (Å²) in [6, 6.07) is 0.484. The fourth-order valence-electron chi connectivity index (χ4n) is 1.94. The van der Waals surface area contributed by atoms with Crippen molar-refractivity contribution < 1.29 is 13.2 Å². The van der Waals surface area contributed by atoms with E-state index in [1.807, 2.05) is 13.8 Å². The lowest BCUT2D eigenvalue weighted by Crippen LogP contribution is -2.57. The van der Waals surface area contributed by atoms with Crippen LogP contribution in [0.25, 0.3) is 0 Å². The number of hydrogen-bond donors (Lipinski definition) is 1. The van der Waals surface area contributed by atoms with Crippen LogP contribution in [-0.4, -0.2) is 68.6 Å². The Kier molecular flexibility index (Phi) is 4.51. The third-order valence-corrected chi connectivity index (χ3v) is 4.10. The summed E-state index contributed by atoms with van der Waals surface area (Å²) in [5.74, 6) is -0.141. The van der Waals surface area contributed by atoms with Crippen LogP contribution in [0.15, 0.2) is 0 Å². The number of piperazine rings is 1. The van der Waals surface area contributed by atoms with E-state index in [0.29, 0.717) is 13.1 Å². The van der Waals surface area contributed by atoms with Crippen molar-refractivity contribution in [2.45, 2.75) is 25.9 Å². The Balaban J connectivity index is 2.59. The minimum atomic E-state index is -3.29. The van der Waals surface area contributed by atoms with Crippen molar-refractivity contribution in [3.8, 4) is 0 Å². The zero-order chi connectivity index (χ0) is 13.2. The number of hydrogen-bond acceptors (Lipinski definition) is 4. The predicted octanol–water partition coefficient (Wildman–Crippen LogP) is -0.913. The van der Waals surface area contributed by atoms with Crippen LogP contribution in [0.2, 0.25) is 0 Å². The van der Waals surface area contributed by atoms with Crippen LogP contribution in [0, 0.1) is 0 Å². The molecule has 1 aliphatic heterocycles. The second kappa shape index (κ2) is 5.32. The van der Waals surface area contributed by atoms with Gasteiger partial charge in [0.05, 0.1) is 12.8 Å². The average molecular weight is 263 g/mol. The molecule has 0 aromatic rings. The van der Waals surface area contributed by atoms with Gasteiger partial charge in [0.1, 0.15) is 0 Å². The molecule has 0 unspecified atom stereocenters. The molecule has 0 radical (unpaired) electrons. The highest BCUT2D eigenvalue weighted by Gasteiger charge is 2.26. The number of rotatable bonds is 3. The van der Waals surface area contributed by atoms with Gasteiger partial charge in [0, 0.05) is 32.2 Å². The molecule has 0 aromatic carbocycles. The van der Waals surface area contributed by atoms with Gasteiger partial charge in [-0.2, -0.15) is 4.31 Å². The second-order valence-electron chi connectivity index (χ2n) is 4.79. The van der Waals surface area contributed by atoms with E-state index in [1.54, 1.807) is 4.90 Å². The summed E-state index contributed by atoms with van der Waals surface area (Å²) >= 11 is 0. The van der Waals surface area contributed by atoms with Gasteiger partial charge < -0.3 is 10.2 Å². The van der Waals surface area contributed by atoms with Crippen LogP contribution in [0.5, 0.6) is 0 Å². The number of sulfonamides is 1. The quantitative estimate of drug-likeness (QED) is 0.715. The fraction of sp³-hybridized carbons (Fsp3) is 0.900. The van der Waals surface area contributed by atoms with Gasteiger partial charge >= 0.3 is 0 Å². The Labute approximate surface area is 103 Å². The molecule has 1 heterocycles. The molecule has 0 aromatic heterocycles. The molecule has 0 spiro atoms. The maximum atomic E-state index is 11.9. The van der Waals surface area contributed by atoms with Gasteiger partial charge in [-0.15, -0.1) is 0 Å². The van der Waals surface area contributed by atoms with Crippen molar-refractivity contribution in [3.05, 3.63) is 0 Å². The van der Waals surface area contributed by atoms with Gasteiger partial charge in [-0.1, -0.05) is 0 Å². The number of likely N-dealkylation sites (N-methyl/N-ethyl adjacent to an activating group) is 1. The maximum Gasteiger partial charge on any atom is 0.237 e. The highest BCUT2D eigenvalue weighted by molar-refractivity contribution is 7.88. The van der Waals surface area contributed by atoms with Crippen molar-refractivity contribution in [1.29, 1.82) is 0 Å². The molecular formula is C10H21N3O3S. The van der Waals surface area contributed by atoms with Gasteiger partial charge in [-0.05, 0) is 13.8 Å².